The van der Waals surface area contributed by atoms with E-state index in [0.717, 1.165) is 11.5 Å². The molecule has 1 aliphatic rings. The first-order valence-corrected chi connectivity index (χ1v) is 9.48. The van der Waals surface area contributed by atoms with Gasteiger partial charge in [0.2, 0.25) is 0 Å². The molecule has 1 fully saturated rings. The van der Waals surface area contributed by atoms with Crippen LogP contribution in [0.15, 0.2) is 54.9 Å². The second-order valence-electron chi connectivity index (χ2n) is 6.52. The van der Waals surface area contributed by atoms with Crippen molar-refractivity contribution in [1.82, 2.24) is 20.1 Å². The Morgan fingerprint density at radius 1 is 1.03 bits per heavy atom. The van der Waals surface area contributed by atoms with Crippen molar-refractivity contribution in [3.8, 4) is 0 Å². The number of carbonyl (C=O) groups excluding carboxylic acids is 1. The second kappa shape index (κ2) is 8.40. The Bertz CT molecular complexity index is 973. The molecular weight excluding hydrogens is 395 g/mol. The Hall–Kier alpha value is -3.26. The number of rotatable bonds is 4. The van der Waals surface area contributed by atoms with Crippen LogP contribution in [0.5, 0.6) is 0 Å². The zero-order valence-corrected chi connectivity index (χ0v) is 16.2. The molecule has 0 saturated carbocycles. The van der Waals surface area contributed by atoms with E-state index in [4.69, 9.17) is 11.6 Å². The van der Waals surface area contributed by atoms with E-state index < -0.39 is 11.7 Å². The number of piperazine rings is 1. The van der Waals surface area contributed by atoms with E-state index in [2.05, 4.69) is 20.5 Å². The summed E-state index contributed by atoms with van der Waals surface area (Å²) < 4.78 is 14.0. The minimum atomic E-state index is -0.604. The van der Waals surface area contributed by atoms with Crippen LogP contribution in [0.2, 0.25) is 5.02 Å². The molecule has 0 unspecified atom stereocenters. The third kappa shape index (κ3) is 4.27. The number of carbonyl (C=O) groups is 1. The largest absolute Gasteiger partial charge is 0.352 e. The van der Waals surface area contributed by atoms with Crippen molar-refractivity contribution in [3.63, 3.8) is 0 Å². The van der Waals surface area contributed by atoms with Crippen molar-refractivity contribution in [3.05, 3.63) is 71.3 Å². The van der Waals surface area contributed by atoms with E-state index in [1.54, 1.807) is 17.3 Å². The lowest BCUT2D eigenvalue weighted by atomic mass is 10.1. The summed E-state index contributed by atoms with van der Waals surface area (Å²) in [4.78, 5) is 20.3. The zero-order chi connectivity index (χ0) is 20.2. The van der Waals surface area contributed by atoms with Crippen molar-refractivity contribution in [1.29, 1.82) is 0 Å². The highest BCUT2D eigenvalue weighted by Gasteiger charge is 2.26. The molecule has 1 N–H and O–H groups in total. The molecule has 0 spiro atoms. The summed E-state index contributed by atoms with van der Waals surface area (Å²) in [6.45, 7) is 2.03. The molecule has 4 rings (SSSR count). The van der Waals surface area contributed by atoms with Crippen molar-refractivity contribution >= 4 is 34.8 Å². The fraction of sp³-hybridized carbons (Fsp3) is 0.200. The van der Waals surface area contributed by atoms with Gasteiger partial charge in [0.25, 0.3) is 5.91 Å². The summed E-state index contributed by atoms with van der Waals surface area (Å²) >= 11 is 6.01. The molecule has 0 atom stereocenters. The number of nitrogens with zero attached hydrogens (tertiary/aromatic N) is 5. The molecule has 2 aromatic heterocycles. The zero-order valence-electron chi connectivity index (χ0n) is 15.4. The van der Waals surface area contributed by atoms with Gasteiger partial charge in [-0.25, -0.2) is 4.39 Å². The Balaban J connectivity index is 1.37. The second-order valence-corrected chi connectivity index (χ2v) is 6.93. The Labute approximate surface area is 172 Å². The first kappa shape index (κ1) is 19.1. The Kier molecular flexibility index (Phi) is 5.53. The van der Waals surface area contributed by atoms with Gasteiger partial charge in [0.15, 0.2) is 11.6 Å². The Morgan fingerprint density at radius 3 is 2.52 bits per heavy atom. The first-order chi connectivity index (χ1) is 14.1. The molecule has 29 heavy (non-hydrogen) atoms. The molecule has 1 aromatic carbocycles. The van der Waals surface area contributed by atoms with Crippen LogP contribution >= 0.6 is 11.6 Å². The van der Waals surface area contributed by atoms with Gasteiger partial charge >= 0.3 is 0 Å². The monoisotopic (exact) mass is 412 g/mol. The summed E-state index contributed by atoms with van der Waals surface area (Å²) in [6, 6.07) is 11.7. The fourth-order valence-corrected chi connectivity index (χ4v) is 3.39. The number of aromatic nitrogens is 3. The molecule has 0 bridgehead atoms. The standard InChI is InChI=1S/C20H18ClFN6O/c21-15-4-1-5-16(22)19(15)20(29)28-11-9-27(10-12-28)18-7-6-17(25-26-18)24-14-3-2-8-23-13-14/h1-8,13H,9-12H2,(H,24,25). The molecule has 148 valence electrons. The van der Waals surface area contributed by atoms with E-state index >= 15 is 0 Å². The number of hydrogen-bond acceptors (Lipinski definition) is 6. The van der Waals surface area contributed by atoms with Gasteiger partial charge in [-0.15, -0.1) is 10.2 Å². The van der Waals surface area contributed by atoms with E-state index in [1.165, 1.54) is 18.2 Å². The molecule has 7 nitrogen and oxygen atoms in total. The highest BCUT2D eigenvalue weighted by Crippen LogP contribution is 2.22. The Morgan fingerprint density at radius 2 is 1.86 bits per heavy atom. The normalized spacial score (nSPS) is 14.0. The van der Waals surface area contributed by atoms with Crippen LogP contribution in [0.4, 0.5) is 21.7 Å². The summed E-state index contributed by atoms with van der Waals surface area (Å²) in [7, 11) is 0. The van der Waals surface area contributed by atoms with Crippen molar-refractivity contribution in [2.45, 2.75) is 0 Å². The summed E-state index contributed by atoms with van der Waals surface area (Å²) in [5, 5.41) is 11.7. The molecular formula is C20H18ClFN6O. The van der Waals surface area contributed by atoms with Gasteiger partial charge in [0.1, 0.15) is 5.82 Å². The van der Waals surface area contributed by atoms with E-state index in [9.17, 15) is 9.18 Å². The van der Waals surface area contributed by atoms with Crippen molar-refractivity contribution < 1.29 is 9.18 Å². The molecule has 0 radical (unpaired) electrons. The highest BCUT2D eigenvalue weighted by molar-refractivity contribution is 6.33. The van der Waals surface area contributed by atoms with Crippen LogP contribution in [0.1, 0.15) is 10.4 Å². The number of pyridine rings is 1. The van der Waals surface area contributed by atoms with Crippen LogP contribution in [0.25, 0.3) is 0 Å². The van der Waals surface area contributed by atoms with Crippen molar-refractivity contribution in [2.75, 3.05) is 36.4 Å². The van der Waals surface area contributed by atoms with Gasteiger partial charge in [0.05, 0.1) is 22.5 Å². The molecule has 3 aromatic rings. The average Bonchev–Trinajstić information content (AvgIpc) is 2.75. The highest BCUT2D eigenvalue weighted by atomic mass is 35.5. The lowest BCUT2D eigenvalue weighted by molar-refractivity contribution is 0.0742. The smallest absolute Gasteiger partial charge is 0.258 e. The third-order valence-electron chi connectivity index (χ3n) is 4.65. The topological polar surface area (TPSA) is 74.2 Å². The van der Waals surface area contributed by atoms with E-state index in [1.807, 2.05) is 29.2 Å². The average molecular weight is 413 g/mol. The van der Waals surface area contributed by atoms with Gasteiger partial charge in [-0.2, -0.15) is 0 Å². The SMILES string of the molecule is O=C(c1c(F)cccc1Cl)N1CCN(c2ccc(Nc3cccnc3)nn2)CC1. The maximum absolute atomic E-state index is 14.0. The van der Waals surface area contributed by atoms with Gasteiger partial charge in [0, 0.05) is 32.4 Å². The summed E-state index contributed by atoms with van der Waals surface area (Å²) in [5.74, 6) is 0.338. The summed E-state index contributed by atoms with van der Waals surface area (Å²) in [5.41, 5.74) is 0.752. The van der Waals surface area contributed by atoms with Crippen LogP contribution in [0, 0.1) is 5.82 Å². The maximum atomic E-state index is 14.0. The van der Waals surface area contributed by atoms with Gasteiger partial charge in [-0.1, -0.05) is 17.7 Å². The number of hydrogen-bond donors (Lipinski definition) is 1. The number of nitrogens with one attached hydrogen (secondary N) is 1. The molecule has 1 aliphatic heterocycles. The van der Waals surface area contributed by atoms with E-state index in [-0.39, 0.29) is 10.6 Å². The molecule has 0 aliphatic carbocycles. The maximum Gasteiger partial charge on any atom is 0.258 e. The first-order valence-electron chi connectivity index (χ1n) is 9.11. The van der Waals surface area contributed by atoms with Gasteiger partial charge < -0.3 is 15.1 Å². The number of halogens is 2. The van der Waals surface area contributed by atoms with Crippen molar-refractivity contribution in [2.24, 2.45) is 0 Å². The number of benzene rings is 1. The lowest BCUT2D eigenvalue weighted by Gasteiger charge is -2.35. The van der Waals surface area contributed by atoms with Gasteiger partial charge in [-0.05, 0) is 36.4 Å². The molecule has 9 heteroatoms. The lowest BCUT2D eigenvalue weighted by Crippen LogP contribution is -2.49. The van der Waals surface area contributed by atoms with Crippen LogP contribution in [-0.4, -0.2) is 52.2 Å². The van der Waals surface area contributed by atoms with Crippen LogP contribution in [0.3, 0.4) is 0 Å². The fourth-order valence-electron chi connectivity index (χ4n) is 3.14. The number of amides is 1. The predicted octanol–water partition coefficient (Wildman–Crippen LogP) is 3.37. The number of anilines is 3. The summed E-state index contributed by atoms with van der Waals surface area (Å²) in [6.07, 6.45) is 3.40. The molecule has 3 heterocycles. The molecule has 1 saturated heterocycles. The quantitative estimate of drug-likeness (QED) is 0.708. The molecule has 1 amide bonds. The van der Waals surface area contributed by atoms with Gasteiger partial charge in [-0.3, -0.25) is 9.78 Å². The predicted molar refractivity (Wildman–Crippen MR) is 109 cm³/mol. The minimum absolute atomic E-state index is 0.0757. The minimum Gasteiger partial charge on any atom is -0.352 e. The van der Waals surface area contributed by atoms with Crippen LogP contribution < -0.4 is 10.2 Å². The third-order valence-corrected chi connectivity index (χ3v) is 4.97. The van der Waals surface area contributed by atoms with Crippen LogP contribution in [-0.2, 0) is 0 Å². The van der Waals surface area contributed by atoms with E-state index in [0.29, 0.717) is 32.0 Å².